The normalized spacial score (nSPS) is 52.1. The molecule has 0 aromatic carbocycles. The van der Waals surface area contributed by atoms with Gasteiger partial charge in [0.05, 0.1) is 18.6 Å². The quantitative estimate of drug-likeness (QED) is 0.444. The highest BCUT2D eigenvalue weighted by atomic mass is 16.6. The molecule has 27 heavy (non-hydrogen) atoms. The number of rotatable bonds is 3. The monoisotopic (exact) mass is 378 g/mol. The van der Waals surface area contributed by atoms with Crippen molar-refractivity contribution in [3.05, 3.63) is 12.2 Å². The van der Waals surface area contributed by atoms with Crippen LogP contribution in [0.15, 0.2) is 12.2 Å². The topological polar surface area (TPSA) is 97.9 Å². The Bertz CT molecular complexity index is 726. The van der Waals surface area contributed by atoms with Crippen molar-refractivity contribution in [3.8, 4) is 0 Å². The maximum Gasteiger partial charge on any atom is 0.334 e. The molecule has 3 aliphatic heterocycles. The van der Waals surface area contributed by atoms with Crippen molar-refractivity contribution in [2.24, 2.45) is 23.7 Å². The summed E-state index contributed by atoms with van der Waals surface area (Å²) in [4.78, 5) is 24.7. The number of aliphatic hydroxyl groups excluding tert-OH is 1. The number of carbonyl (C=O) groups excluding carboxylic acids is 2. The lowest BCUT2D eigenvalue weighted by Gasteiger charge is -2.33. The van der Waals surface area contributed by atoms with Gasteiger partial charge in [0, 0.05) is 30.3 Å². The second-order valence-corrected chi connectivity index (χ2v) is 9.37. The third-order valence-electron chi connectivity index (χ3n) is 7.16. The number of epoxide rings is 2. The van der Waals surface area contributed by atoms with Crippen molar-refractivity contribution in [1.29, 1.82) is 0 Å². The van der Waals surface area contributed by atoms with Crippen LogP contribution in [-0.4, -0.2) is 59.3 Å². The molecule has 3 heterocycles. The summed E-state index contributed by atoms with van der Waals surface area (Å²) < 4.78 is 23.2. The third kappa shape index (κ3) is 2.31. The molecule has 3 saturated heterocycles. The molecule has 1 spiro atoms. The van der Waals surface area contributed by atoms with Crippen LogP contribution in [0, 0.1) is 23.7 Å². The van der Waals surface area contributed by atoms with Gasteiger partial charge in [0.1, 0.15) is 29.5 Å². The van der Waals surface area contributed by atoms with Gasteiger partial charge in [0.2, 0.25) is 0 Å². The molecule has 5 aliphatic rings. The van der Waals surface area contributed by atoms with Gasteiger partial charge in [-0.2, -0.15) is 0 Å². The van der Waals surface area contributed by atoms with E-state index in [1.807, 2.05) is 20.8 Å². The van der Waals surface area contributed by atoms with Crippen LogP contribution < -0.4 is 0 Å². The Morgan fingerprint density at radius 2 is 2.11 bits per heavy atom. The van der Waals surface area contributed by atoms with E-state index in [0.29, 0.717) is 25.0 Å². The molecule has 2 saturated carbocycles. The van der Waals surface area contributed by atoms with Gasteiger partial charge in [-0.05, 0) is 12.8 Å². The van der Waals surface area contributed by atoms with Gasteiger partial charge in [0.15, 0.2) is 0 Å². The second-order valence-electron chi connectivity index (χ2n) is 9.37. The van der Waals surface area contributed by atoms with Crippen molar-refractivity contribution >= 4 is 11.9 Å². The molecule has 0 radical (unpaired) electrons. The highest BCUT2D eigenvalue weighted by Crippen LogP contribution is 2.67. The molecule has 2 aliphatic carbocycles. The van der Waals surface area contributed by atoms with Crippen LogP contribution in [-0.2, 0) is 28.5 Å². The molecule has 5 rings (SSSR count). The van der Waals surface area contributed by atoms with Crippen molar-refractivity contribution in [2.45, 2.75) is 69.2 Å². The fourth-order valence-electron chi connectivity index (χ4n) is 5.85. The van der Waals surface area contributed by atoms with Crippen molar-refractivity contribution in [1.82, 2.24) is 0 Å². The van der Waals surface area contributed by atoms with E-state index >= 15 is 0 Å². The Balaban J connectivity index is 1.52. The fraction of sp³-hybridized carbons (Fsp3) is 0.800. The largest absolute Gasteiger partial charge is 0.461 e. The summed E-state index contributed by atoms with van der Waals surface area (Å²) in [5, 5.41) is 10.9. The standard InChI is InChI=1S/C20H26O7/c1-8(2)5-11(21)25-10-6-20(7-24-20)13-14(19(4)17(27-19)15(13)22)16-12(10)9(3)18(23)26-16/h8,10,12-17,22H,3,5-7H2,1-2,4H3. The van der Waals surface area contributed by atoms with Gasteiger partial charge in [-0.1, -0.05) is 20.4 Å². The Kier molecular flexibility index (Phi) is 3.49. The zero-order valence-electron chi connectivity index (χ0n) is 15.8. The number of aliphatic hydroxyl groups is 1. The average molecular weight is 378 g/mol. The predicted octanol–water partition coefficient (Wildman–Crippen LogP) is 0.979. The third-order valence-corrected chi connectivity index (χ3v) is 7.16. The van der Waals surface area contributed by atoms with E-state index in [4.69, 9.17) is 18.9 Å². The van der Waals surface area contributed by atoms with E-state index in [1.54, 1.807) is 0 Å². The highest BCUT2D eigenvalue weighted by Gasteiger charge is 2.81. The summed E-state index contributed by atoms with van der Waals surface area (Å²) in [5.41, 5.74) is -0.766. The Labute approximate surface area is 158 Å². The van der Waals surface area contributed by atoms with Crippen LogP contribution >= 0.6 is 0 Å². The van der Waals surface area contributed by atoms with Crippen LogP contribution in [0.2, 0.25) is 0 Å². The molecular formula is C20H26O7. The van der Waals surface area contributed by atoms with Gasteiger partial charge in [-0.3, -0.25) is 4.79 Å². The van der Waals surface area contributed by atoms with Crippen LogP contribution in [0.4, 0.5) is 0 Å². The minimum Gasteiger partial charge on any atom is -0.461 e. The molecule has 0 aromatic rings. The lowest BCUT2D eigenvalue weighted by Crippen LogP contribution is -2.44. The molecule has 5 fully saturated rings. The average Bonchev–Trinajstić information content (AvgIpc) is 3.44. The van der Waals surface area contributed by atoms with Gasteiger partial charge < -0.3 is 24.1 Å². The number of hydrogen-bond acceptors (Lipinski definition) is 7. The van der Waals surface area contributed by atoms with Gasteiger partial charge >= 0.3 is 11.9 Å². The summed E-state index contributed by atoms with van der Waals surface area (Å²) in [6.45, 7) is 10.3. The lowest BCUT2D eigenvalue weighted by molar-refractivity contribution is -0.154. The Morgan fingerprint density at radius 3 is 2.74 bits per heavy atom. The van der Waals surface area contributed by atoms with E-state index in [0.717, 1.165) is 0 Å². The maximum absolute atomic E-state index is 12.4. The maximum atomic E-state index is 12.4. The van der Waals surface area contributed by atoms with Gasteiger partial charge in [-0.15, -0.1) is 0 Å². The number of fused-ring (bicyclic) bond motifs is 6. The molecule has 9 unspecified atom stereocenters. The van der Waals surface area contributed by atoms with E-state index in [1.165, 1.54) is 0 Å². The molecular weight excluding hydrogens is 352 g/mol. The molecule has 7 heteroatoms. The molecule has 0 amide bonds. The first kappa shape index (κ1) is 17.6. The Hall–Kier alpha value is -1.44. The highest BCUT2D eigenvalue weighted by molar-refractivity contribution is 5.91. The first-order chi connectivity index (χ1) is 12.7. The first-order valence-corrected chi connectivity index (χ1v) is 9.77. The summed E-state index contributed by atoms with van der Waals surface area (Å²) in [7, 11) is 0. The van der Waals surface area contributed by atoms with Gasteiger partial charge in [0.25, 0.3) is 0 Å². The van der Waals surface area contributed by atoms with Crippen LogP contribution in [0.25, 0.3) is 0 Å². The van der Waals surface area contributed by atoms with Crippen LogP contribution in [0.1, 0.15) is 33.6 Å². The smallest absolute Gasteiger partial charge is 0.334 e. The molecule has 7 nitrogen and oxygen atoms in total. The first-order valence-electron chi connectivity index (χ1n) is 9.77. The minimum atomic E-state index is -0.680. The zero-order valence-corrected chi connectivity index (χ0v) is 15.8. The van der Waals surface area contributed by atoms with E-state index in [9.17, 15) is 14.7 Å². The molecule has 0 aromatic heterocycles. The van der Waals surface area contributed by atoms with E-state index in [2.05, 4.69) is 6.58 Å². The molecule has 148 valence electrons. The number of carbonyl (C=O) groups is 2. The molecule has 9 atom stereocenters. The van der Waals surface area contributed by atoms with Crippen molar-refractivity contribution in [2.75, 3.05) is 6.61 Å². The SMILES string of the molecule is C=C1C(=O)OC2C1C(OC(=O)CC(C)C)CC1(CO1)C1C(O)C3OC3(C)C21. The number of ether oxygens (including phenoxy) is 4. The van der Waals surface area contributed by atoms with Crippen LogP contribution in [0.5, 0.6) is 0 Å². The number of hydrogen-bond donors (Lipinski definition) is 1. The molecule has 1 N–H and O–H groups in total. The Morgan fingerprint density at radius 1 is 1.41 bits per heavy atom. The molecule has 0 bridgehead atoms. The van der Waals surface area contributed by atoms with Crippen LogP contribution in [0.3, 0.4) is 0 Å². The summed E-state index contributed by atoms with van der Waals surface area (Å²) in [6.07, 6.45) is -1.28. The predicted molar refractivity (Wildman–Crippen MR) is 91.4 cm³/mol. The van der Waals surface area contributed by atoms with Crippen molar-refractivity contribution < 1.29 is 33.6 Å². The summed E-state index contributed by atoms with van der Waals surface area (Å²) >= 11 is 0. The lowest BCUT2D eigenvalue weighted by atomic mass is 9.76. The second kappa shape index (κ2) is 5.33. The van der Waals surface area contributed by atoms with Gasteiger partial charge in [-0.25, -0.2) is 4.79 Å². The zero-order chi connectivity index (χ0) is 19.3. The minimum absolute atomic E-state index is 0.176. The fourth-order valence-corrected chi connectivity index (χ4v) is 5.85. The summed E-state index contributed by atoms with van der Waals surface area (Å²) in [6, 6.07) is 0. The van der Waals surface area contributed by atoms with Crippen molar-refractivity contribution in [3.63, 3.8) is 0 Å². The summed E-state index contributed by atoms with van der Waals surface area (Å²) in [5.74, 6) is -1.42. The van der Waals surface area contributed by atoms with E-state index < -0.39 is 41.4 Å². The number of esters is 2. The van der Waals surface area contributed by atoms with E-state index in [-0.39, 0.29) is 29.8 Å².